The monoisotopic (exact) mass is 333 g/mol. The minimum atomic E-state index is -0.698. The summed E-state index contributed by atoms with van der Waals surface area (Å²) in [6.45, 7) is 0. The number of benzene rings is 1. The van der Waals surface area contributed by atoms with Crippen molar-refractivity contribution in [1.82, 2.24) is 19.7 Å². The SMILES string of the molecule is COc1ccc(Nc2ncn(-c3cc(F)cc(F)c3)n2)nc1OC. The molecule has 0 aliphatic carbocycles. The number of rotatable bonds is 5. The molecule has 0 saturated carbocycles. The Hall–Kier alpha value is -3.23. The highest BCUT2D eigenvalue weighted by atomic mass is 19.1. The summed E-state index contributed by atoms with van der Waals surface area (Å²) in [5, 5.41) is 6.98. The molecule has 0 fully saturated rings. The van der Waals surface area contributed by atoms with Gasteiger partial charge in [-0.05, 0) is 24.3 Å². The number of aromatic nitrogens is 4. The molecule has 3 rings (SSSR count). The Balaban J connectivity index is 1.84. The predicted molar refractivity (Wildman–Crippen MR) is 81.9 cm³/mol. The molecule has 2 aromatic heterocycles. The van der Waals surface area contributed by atoms with Crippen molar-refractivity contribution in [2.24, 2.45) is 0 Å². The summed E-state index contributed by atoms with van der Waals surface area (Å²) in [5.74, 6) is 0.0225. The first kappa shape index (κ1) is 15.7. The van der Waals surface area contributed by atoms with Crippen molar-refractivity contribution in [3.05, 3.63) is 48.3 Å². The van der Waals surface area contributed by atoms with E-state index >= 15 is 0 Å². The largest absolute Gasteiger partial charge is 0.491 e. The summed E-state index contributed by atoms with van der Waals surface area (Å²) in [7, 11) is 2.98. The molecule has 0 unspecified atom stereocenters. The Kier molecular flexibility index (Phi) is 4.23. The van der Waals surface area contributed by atoms with Gasteiger partial charge in [-0.1, -0.05) is 0 Å². The molecule has 0 amide bonds. The van der Waals surface area contributed by atoms with Gasteiger partial charge >= 0.3 is 0 Å². The average Bonchev–Trinajstić information content (AvgIpc) is 3.02. The maximum atomic E-state index is 13.3. The van der Waals surface area contributed by atoms with Crippen LogP contribution >= 0.6 is 0 Å². The molecule has 124 valence electrons. The van der Waals surface area contributed by atoms with Gasteiger partial charge in [0.1, 0.15) is 23.8 Å². The molecule has 9 heteroatoms. The van der Waals surface area contributed by atoms with Gasteiger partial charge in [-0.3, -0.25) is 0 Å². The first-order chi connectivity index (χ1) is 11.6. The van der Waals surface area contributed by atoms with Crippen molar-refractivity contribution in [1.29, 1.82) is 0 Å². The van der Waals surface area contributed by atoms with Crippen molar-refractivity contribution in [2.75, 3.05) is 19.5 Å². The fraction of sp³-hybridized carbons (Fsp3) is 0.133. The highest BCUT2D eigenvalue weighted by molar-refractivity contribution is 5.51. The van der Waals surface area contributed by atoms with E-state index in [9.17, 15) is 8.78 Å². The summed E-state index contributed by atoms with van der Waals surface area (Å²) in [6, 6.07) is 6.41. The second kappa shape index (κ2) is 6.49. The zero-order valence-electron chi connectivity index (χ0n) is 12.8. The molecule has 0 bridgehead atoms. The van der Waals surface area contributed by atoms with Gasteiger partial charge in [0.2, 0.25) is 5.95 Å². The van der Waals surface area contributed by atoms with Crippen LogP contribution in [0, 0.1) is 11.6 Å². The number of hydrogen-bond donors (Lipinski definition) is 1. The smallest absolute Gasteiger partial charge is 0.258 e. The van der Waals surface area contributed by atoms with E-state index in [1.54, 1.807) is 12.1 Å². The minimum absolute atomic E-state index is 0.208. The van der Waals surface area contributed by atoms with E-state index in [1.165, 1.54) is 25.2 Å². The quantitative estimate of drug-likeness (QED) is 0.774. The molecular weight excluding hydrogens is 320 g/mol. The lowest BCUT2D eigenvalue weighted by atomic mass is 10.3. The van der Waals surface area contributed by atoms with Crippen LogP contribution in [0.25, 0.3) is 5.69 Å². The van der Waals surface area contributed by atoms with E-state index in [0.717, 1.165) is 18.2 Å². The van der Waals surface area contributed by atoms with Gasteiger partial charge in [0.25, 0.3) is 5.88 Å². The third-order valence-corrected chi connectivity index (χ3v) is 3.08. The molecule has 1 N–H and O–H groups in total. The average molecular weight is 333 g/mol. The zero-order chi connectivity index (χ0) is 17.1. The van der Waals surface area contributed by atoms with Crippen molar-refractivity contribution >= 4 is 11.8 Å². The lowest BCUT2D eigenvalue weighted by Gasteiger charge is -2.08. The van der Waals surface area contributed by atoms with E-state index in [4.69, 9.17) is 9.47 Å². The van der Waals surface area contributed by atoms with Crippen LogP contribution in [0.15, 0.2) is 36.7 Å². The Morgan fingerprint density at radius 2 is 1.79 bits per heavy atom. The molecule has 0 radical (unpaired) electrons. The summed E-state index contributed by atoms with van der Waals surface area (Å²) >= 11 is 0. The topological polar surface area (TPSA) is 74.1 Å². The second-order valence-electron chi connectivity index (χ2n) is 4.67. The Bertz CT molecular complexity index is 849. The van der Waals surface area contributed by atoms with E-state index in [2.05, 4.69) is 20.4 Å². The third kappa shape index (κ3) is 3.24. The van der Waals surface area contributed by atoms with Gasteiger partial charge in [-0.2, -0.15) is 9.97 Å². The Morgan fingerprint density at radius 1 is 1.04 bits per heavy atom. The Morgan fingerprint density at radius 3 is 2.46 bits per heavy atom. The summed E-state index contributed by atoms with van der Waals surface area (Å²) in [5.41, 5.74) is 0.216. The molecule has 1 aromatic carbocycles. The van der Waals surface area contributed by atoms with Crippen molar-refractivity contribution in [3.63, 3.8) is 0 Å². The number of anilines is 2. The van der Waals surface area contributed by atoms with E-state index in [1.807, 2.05) is 0 Å². The normalized spacial score (nSPS) is 10.5. The van der Waals surface area contributed by atoms with Gasteiger partial charge in [0, 0.05) is 6.07 Å². The summed E-state index contributed by atoms with van der Waals surface area (Å²) < 4.78 is 38.0. The first-order valence-electron chi connectivity index (χ1n) is 6.83. The molecule has 0 atom stereocenters. The van der Waals surface area contributed by atoms with Crippen molar-refractivity contribution < 1.29 is 18.3 Å². The number of ether oxygens (including phenoxy) is 2. The van der Waals surface area contributed by atoms with Crippen LogP contribution in [0.2, 0.25) is 0 Å². The van der Waals surface area contributed by atoms with Gasteiger partial charge < -0.3 is 14.8 Å². The molecule has 7 nitrogen and oxygen atoms in total. The zero-order valence-corrected chi connectivity index (χ0v) is 12.8. The molecule has 0 aliphatic heterocycles. The fourth-order valence-electron chi connectivity index (χ4n) is 2.03. The summed E-state index contributed by atoms with van der Waals surface area (Å²) in [6.07, 6.45) is 1.33. The standard InChI is InChI=1S/C15H13F2N5O2/c1-23-12-3-4-13(19-14(12)24-2)20-15-18-8-22(21-15)11-6-9(16)5-10(17)7-11/h3-8H,1-2H3,(H,19,20,21). The predicted octanol–water partition coefficient (Wildman–Crippen LogP) is 2.70. The maximum absolute atomic E-state index is 13.3. The molecule has 0 spiro atoms. The van der Waals surface area contributed by atoms with Crippen molar-refractivity contribution in [3.8, 4) is 17.3 Å². The summed E-state index contributed by atoms with van der Waals surface area (Å²) in [4.78, 5) is 8.23. The first-order valence-corrected chi connectivity index (χ1v) is 6.83. The van der Waals surface area contributed by atoms with Gasteiger partial charge in [0.05, 0.1) is 19.9 Å². The van der Waals surface area contributed by atoms with Gasteiger partial charge in [-0.25, -0.2) is 13.5 Å². The second-order valence-corrected chi connectivity index (χ2v) is 4.67. The highest BCUT2D eigenvalue weighted by Crippen LogP contribution is 2.26. The van der Waals surface area contributed by atoms with Crippen LogP contribution in [-0.2, 0) is 0 Å². The van der Waals surface area contributed by atoms with Crippen LogP contribution < -0.4 is 14.8 Å². The number of methoxy groups -OCH3 is 2. The molecule has 0 saturated heterocycles. The molecule has 3 aromatic rings. The fourth-order valence-corrected chi connectivity index (χ4v) is 2.03. The molecule has 2 heterocycles. The van der Waals surface area contributed by atoms with Crippen molar-refractivity contribution in [2.45, 2.75) is 0 Å². The number of nitrogens with one attached hydrogen (secondary N) is 1. The van der Waals surface area contributed by atoms with Crippen LogP contribution in [0.1, 0.15) is 0 Å². The number of halogens is 2. The van der Waals surface area contributed by atoms with Crippen LogP contribution in [0.5, 0.6) is 11.6 Å². The van der Waals surface area contributed by atoms with E-state index < -0.39 is 11.6 Å². The molecule has 24 heavy (non-hydrogen) atoms. The van der Waals surface area contributed by atoms with E-state index in [0.29, 0.717) is 17.4 Å². The highest BCUT2D eigenvalue weighted by Gasteiger charge is 2.10. The molecule has 0 aliphatic rings. The van der Waals surface area contributed by atoms with Crippen LogP contribution in [0.4, 0.5) is 20.5 Å². The van der Waals surface area contributed by atoms with Gasteiger partial charge in [0.15, 0.2) is 5.75 Å². The minimum Gasteiger partial charge on any atom is -0.491 e. The Labute approximate surface area is 135 Å². The number of nitrogens with zero attached hydrogens (tertiary/aromatic N) is 4. The van der Waals surface area contributed by atoms with Gasteiger partial charge in [-0.15, -0.1) is 5.10 Å². The van der Waals surface area contributed by atoms with Crippen LogP contribution in [-0.4, -0.2) is 34.0 Å². The number of hydrogen-bond acceptors (Lipinski definition) is 6. The third-order valence-electron chi connectivity index (χ3n) is 3.08. The lowest BCUT2D eigenvalue weighted by Crippen LogP contribution is -2.01. The maximum Gasteiger partial charge on any atom is 0.258 e. The number of pyridine rings is 1. The molecular formula is C15H13F2N5O2. The van der Waals surface area contributed by atoms with Crippen LogP contribution in [0.3, 0.4) is 0 Å². The lowest BCUT2D eigenvalue weighted by molar-refractivity contribution is 0.343. The van der Waals surface area contributed by atoms with E-state index in [-0.39, 0.29) is 11.6 Å².